The van der Waals surface area contributed by atoms with Crippen LogP contribution < -0.4 is 10.6 Å². The zero-order chi connectivity index (χ0) is 19.1. The number of benzene rings is 2. The van der Waals surface area contributed by atoms with Gasteiger partial charge in [0.1, 0.15) is 5.82 Å². The first-order chi connectivity index (χ1) is 13.2. The third kappa shape index (κ3) is 4.89. The second-order valence-electron chi connectivity index (χ2n) is 5.88. The van der Waals surface area contributed by atoms with Crippen molar-refractivity contribution >= 4 is 17.3 Å². The summed E-state index contributed by atoms with van der Waals surface area (Å²) in [5, 5.41) is 14.8. The predicted molar refractivity (Wildman–Crippen MR) is 101 cm³/mol. The molecule has 0 radical (unpaired) electrons. The number of nitriles is 1. The van der Waals surface area contributed by atoms with Crippen molar-refractivity contribution in [2.24, 2.45) is 0 Å². The Morgan fingerprint density at radius 1 is 1.07 bits per heavy atom. The van der Waals surface area contributed by atoms with Gasteiger partial charge in [-0.25, -0.2) is 4.39 Å². The molecule has 2 N–H and O–H groups in total. The molecule has 0 fully saturated rings. The molecule has 5 nitrogen and oxygen atoms in total. The van der Waals surface area contributed by atoms with Crippen molar-refractivity contribution in [2.45, 2.75) is 6.42 Å². The molecule has 0 aliphatic rings. The molecule has 0 saturated carbocycles. The van der Waals surface area contributed by atoms with Crippen LogP contribution in [-0.4, -0.2) is 17.4 Å². The minimum Gasteiger partial charge on any atom is -0.354 e. The third-order valence-electron chi connectivity index (χ3n) is 3.92. The van der Waals surface area contributed by atoms with Crippen molar-refractivity contribution in [1.29, 1.82) is 5.26 Å². The van der Waals surface area contributed by atoms with E-state index < -0.39 is 0 Å². The van der Waals surface area contributed by atoms with E-state index in [9.17, 15) is 9.18 Å². The lowest BCUT2D eigenvalue weighted by atomic mass is 10.1. The number of rotatable bonds is 6. The van der Waals surface area contributed by atoms with Gasteiger partial charge >= 0.3 is 0 Å². The van der Waals surface area contributed by atoms with Crippen molar-refractivity contribution in [3.8, 4) is 6.07 Å². The van der Waals surface area contributed by atoms with E-state index in [1.807, 2.05) is 6.07 Å². The zero-order valence-corrected chi connectivity index (χ0v) is 14.4. The van der Waals surface area contributed by atoms with Crippen LogP contribution in [-0.2, 0) is 6.42 Å². The highest BCUT2D eigenvalue weighted by Crippen LogP contribution is 2.18. The lowest BCUT2D eigenvalue weighted by molar-refractivity contribution is 0.0953. The maximum absolute atomic E-state index is 13.6. The van der Waals surface area contributed by atoms with E-state index in [-0.39, 0.29) is 11.7 Å². The molecule has 3 rings (SSSR count). The Morgan fingerprint density at radius 2 is 1.93 bits per heavy atom. The highest BCUT2D eigenvalue weighted by Gasteiger charge is 2.08. The number of carbonyl (C=O) groups excluding carboxylic acids is 1. The molecule has 3 aromatic rings. The monoisotopic (exact) mass is 360 g/mol. The molecule has 1 aromatic heterocycles. The van der Waals surface area contributed by atoms with Crippen LogP contribution in [0, 0.1) is 17.1 Å². The van der Waals surface area contributed by atoms with Crippen LogP contribution in [0.5, 0.6) is 0 Å². The molecule has 1 amide bonds. The van der Waals surface area contributed by atoms with Crippen molar-refractivity contribution in [3.63, 3.8) is 0 Å². The Kier molecular flexibility index (Phi) is 5.75. The van der Waals surface area contributed by atoms with Crippen LogP contribution in [0.3, 0.4) is 0 Å². The van der Waals surface area contributed by atoms with Crippen LogP contribution in [0.15, 0.2) is 67.0 Å². The fourth-order valence-electron chi connectivity index (χ4n) is 2.58. The zero-order valence-electron chi connectivity index (χ0n) is 14.4. The Balaban J connectivity index is 1.61. The maximum Gasteiger partial charge on any atom is 0.252 e. The molecule has 0 bridgehead atoms. The van der Waals surface area contributed by atoms with Crippen molar-refractivity contribution in [3.05, 3.63) is 89.5 Å². The first-order valence-corrected chi connectivity index (χ1v) is 8.39. The van der Waals surface area contributed by atoms with Crippen LogP contribution in [0.4, 0.5) is 15.8 Å². The van der Waals surface area contributed by atoms with Gasteiger partial charge in [-0.3, -0.25) is 9.78 Å². The molecular formula is C21H17FN4O. The molecule has 6 heteroatoms. The molecule has 27 heavy (non-hydrogen) atoms. The van der Waals surface area contributed by atoms with Gasteiger partial charge in [0.25, 0.3) is 5.91 Å². The van der Waals surface area contributed by atoms with Crippen LogP contribution in [0.1, 0.15) is 21.5 Å². The fraction of sp³-hybridized carbons (Fsp3) is 0.0952. The largest absolute Gasteiger partial charge is 0.354 e. The summed E-state index contributed by atoms with van der Waals surface area (Å²) in [6.07, 6.45) is 3.47. The van der Waals surface area contributed by atoms with Gasteiger partial charge in [-0.2, -0.15) is 5.26 Å². The van der Waals surface area contributed by atoms with Gasteiger partial charge in [-0.15, -0.1) is 0 Å². The highest BCUT2D eigenvalue weighted by atomic mass is 19.1. The molecule has 0 aliphatic heterocycles. The van der Waals surface area contributed by atoms with Gasteiger partial charge < -0.3 is 10.6 Å². The highest BCUT2D eigenvalue weighted by molar-refractivity contribution is 5.94. The van der Waals surface area contributed by atoms with E-state index in [4.69, 9.17) is 5.26 Å². The number of amides is 1. The summed E-state index contributed by atoms with van der Waals surface area (Å²) in [5.41, 5.74) is 2.85. The Hall–Kier alpha value is -3.72. The van der Waals surface area contributed by atoms with Crippen molar-refractivity contribution in [2.75, 3.05) is 11.9 Å². The SMILES string of the molecule is N#Cc1cccc(Nc2cncc(C(=O)NCCc3ccccc3F)c2)c1. The third-order valence-corrected chi connectivity index (χ3v) is 3.92. The Labute approximate surface area is 156 Å². The molecule has 0 aliphatic carbocycles. The van der Waals surface area contributed by atoms with Crippen LogP contribution in [0.2, 0.25) is 0 Å². The summed E-state index contributed by atoms with van der Waals surface area (Å²) in [4.78, 5) is 16.4. The fourth-order valence-corrected chi connectivity index (χ4v) is 2.58. The smallest absolute Gasteiger partial charge is 0.252 e. The van der Waals surface area contributed by atoms with E-state index in [0.717, 1.165) is 5.69 Å². The average Bonchev–Trinajstić information content (AvgIpc) is 2.69. The molecule has 0 unspecified atom stereocenters. The molecule has 0 atom stereocenters. The van der Waals surface area contributed by atoms with Crippen LogP contribution in [0.25, 0.3) is 0 Å². The number of aromatic nitrogens is 1. The second kappa shape index (κ2) is 8.59. The molecule has 0 spiro atoms. The number of nitrogens with one attached hydrogen (secondary N) is 2. The number of carbonyl (C=O) groups is 1. The van der Waals surface area contributed by atoms with Crippen LogP contribution >= 0.6 is 0 Å². The van der Waals surface area contributed by atoms with Crippen molar-refractivity contribution < 1.29 is 9.18 Å². The Morgan fingerprint density at radius 3 is 2.74 bits per heavy atom. The van der Waals surface area contributed by atoms with Crippen molar-refractivity contribution in [1.82, 2.24) is 10.3 Å². The second-order valence-corrected chi connectivity index (χ2v) is 5.88. The van der Waals surface area contributed by atoms with Gasteiger partial charge in [-0.1, -0.05) is 24.3 Å². The van der Waals surface area contributed by atoms with E-state index in [1.54, 1.807) is 48.7 Å². The van der Waals surface area contributed by atoms with Gasteiger partial charge in [0.15, 0.2) is 0 Å². The van der Waals surface area contributed by atoms with Gasteiger partial charge in [-0.05, 0) is 42.3 Å². The quantitative estimate of drug-likeness (QED) is 0.701. The maximum atomic E-state index is 13.6. The number of nitrogens with zero attached hydrogens (tertiary/aromatic N) is 2. The summed E-state index contributed by atoms with van der Waals surface area (Å²) in [6, 6.07) is 17.3. The summed E-state index contributed by atoms with van der Waals surface area (Å²) in [6.45, 7) is 0.321. The first kappa shape index (κ1) is 18.1. The number of anilines is 2. The topological polar surface area (TPSA) is 77.8 Å². The minimum atomic E-state index is -0.284. The molecule has 1 heterocycles. The predicted octanol–water partition coefficient (Wildman–Crippen LogP) is 3.81. The van der Waals surface area contributed by atoms with Gasteiger partial charge in [0, 0.05) is 18.4 Å². The lowest BCUT2D eigenvalue weighted by Gasteiger charge is -2.09. The molecule has 0 saturated heterocycles. The van der Waals surface area contributed by atoms with E-state index in [0.29, 0.717) is 35.3 Å². The minimum absolute atomic E-state index is 0.279. The normalized spacial score (nSPS) is 10.1. The number of pyridine rings is 1. The summed E-state index contributed by atoms with van der Waals surface area (Å²) >= 11 is 0. The van der Waals surface area contributed by atoms with Gasteiger partial charge in [0.05, 0.1) is 29.1 Å². The summed E-state index contributed by atoms with van der Waals surface area (Å²) in [7, 11) is 0. The molecule has 134 valence electrons. The number of halogens is 1. The molecule has 2 aromatic carbocycles. The molecular weight excluding hydrogens is 343 g/mol. The van der Waals surface area contributed by atoms with Gasteiger partial charge in [0.2, 0.25) is 0 Å². The average molecular weight is 360 g/mol. The van der Waals surface area contributed by atoms with E-state index in [2.05, 4.69) is 21.7 Å². The van der Waals surface area contributed by atoms with E-state index in [1.165, 1.54) is 12.3 Å². The standard InChI is InChI=1S/C21H17FN4O/c22-20-7-2-1-5-16(20)8-9-25-21(27)17-11-19(14-24-13-17)26-18-6-3-4-15(10-18)12-23/h1-7,10-11,13-14,26H,8-9H2,(H,25,27). The number of hydrogen-bond donors (Lipinski definition) is 2. The summed E-state index contributed by atoms with van der Waals surface area (Å²) < 4.78 is 13.6. The number of hydrogen-bond acceptors (Lipinski definition) is 4. The summed E-state index contributed by atoms with van der Waals surface area (Å²) in [5.74, 6) is -0.563. The first-order valence-electron chi connectivity index (χ1n) is 8.39. The lowest BCUT2D eigenvalue weighted by Crippen LogP contribution is -2.26. The van der Waals surface area contributed by atoms with E-state index >= 15 is 0 Å². The Bertz CT molecular complexity index is 997.